The lowest BCUT2D eigenvalue weighted by Gasteiger charge is -1.97. The molecule has 1 aromatic heterocycles. The van der Waals surface area contributed by atoms with Crippen LogP contribution in [0.15, 0.2) is 24.3 Å². The third-order valence-electron chi connectivity index (χ3n) is 1.87. The zero-order chi connectivity index (χ0) is 10.1. The molecule has 0 aliphatic rings. The van der Waals surface area contributed by atoms with Gasteiger partial charge in [0, 0.05) is 0 Å². The molecular weight excluding hydrogens is 184 g/mol. The van der Waals surface area contributed by atoms with Crippen LogP contribution in [0.25, 0.3) is 11.0 Å². The number of hydrazine groups is 1. The molecule has 2 aromatic rings. The number of rotatable bonds is 1. The summed E-state index contributed by atoms with van der Waals surface area (Å²) in [5.41, 5.74) is 2.90. The molecule has 0 aliphatic heterocycles. The van der Waals surface area contributed by atoms with E-state index in [1.54, 1.807) is 24.3 Å². The fraction of sp³-hybridized carbons (Fsp3) is 0. The number of benzene rings is 1. The SMILES string of the molecule is NNC(=O)c1nc2ccccc2n1O. The van der Waals surface area contributed by atoms with Crippen LogP contribution in [0.2, 0.25) is 0 Å². The Hall–Kier alpha value is -2.08. The minimum absolute atomic E-state index is 0.131. The van der Waals surface area contributed by atoms with Crippen LogP contribution in [0, 0.1) is 0 Å². The van der Waals surface area contributed by atoms with Crippen molar-refractivity contribution in [3.8, 4) is 0 Å². The number of carbonyl (C=O) groups is 1. The molecule has 1 aromatic carbocycles. The molecule has 6 heteroatoms. The summed E-state index contributed by atoms with van der Waals surface area (Å²) in [6.45, 7) is 0. The monoisotopic (exact) mass is 192 g/mol. The molecule has 1 amide bonds. The maximum absolute atomic E-state index is 11.1. The molecule has 0 aliphatic carbocycles. The van der Waals surface area contributed by atoms with Gasteiger partial charge >= 0.3 is 5.91 Å². The lowest BCUT2D eigenvalue weighted by molar-refractivity contribution is 0.0900. The van der Waals surface area contributed by atoms with Gasteiger partial charge in [0.25, 0.3) is 0 Å². The van der Waals surface area contributed by atoms with Crippen molar-refractivity contribution >= 4 is 16.9 Å². The Balaban J connectivity index is 2.68. The second kappa shape index (κ2) is 3.00. The van der Waals surface area contributed by atoms with Gasteiger partial charge in [-0.05, 0) is 12.1 Å². The number of carbonyl (C=O) groups excluding carboxylic acids is 1. The largest absolute Gasteiger partial charge is 0.426 e. The molecule has 14 heavy (non-hydrogen) atoms. The summed E-state index contributed by atoms with van der Waals surface area (Å²) in [5, 5.41) is 9.53. The molecule has 72 valence electrons. The standard InChI is InChI=1S/C8H8N4O2/c9-11-8(13)7-10-5-3-1-2-4-6(5)12(7)14/h1-4,14H,9H2,(H,11,13). The number of hydrogen-bond acceptors (Lipinski definition) is 4. The molecule has 0 spiro atoms. The average molecular weight is 192 g/mol. The van der Waals surface area contributed by atoms with Crippen LogP contribution in [0.1, 0.15) is 10.6 Å². The van der Waals surface area contributed by atoms with Crippen molar-refractivity contribution in [1.29, 1.82) is 0 Å². The summed E-state index contributed by atoms with van der Waals surface area (Å²) in [5.74, 6) is 4.16. The molecule has 0 saturated heterocycles. The average Bonchev–Trinajstić information content (AvgIpc) is 2.56. The fourth-order valence-electron chi connectivity index (χ4n) is 1.22. The molecule has 0 fully saturated rings. The van der Waals surface area contributed by atoms with E-state index in [1.807, 2.05) is 5.43 Å². The Morgan fingerprint density at radius 2 is 2.21 bits per heavy atom. The van der Waals surface area contributed by atoms with Crippen molar-refractivity contribution in [3.05, 3.63) is 30.1 Å². The van der Waals surface area contributed by atoms with Gasteiger partial charge in [0.15, 0.2) is 0 Å². The summed E-state index contributed by atoms with van der Waals surface area (Å²) >= 11 is 0. The summed E-state index contributed by atoms with van der Waals surface area (Å²) < 4.78 is 0.706. The molecule has 0 saturated carbocycles. The Morgan fingerprint density at radius 1 is 1.50 bits per heavy atom. The van der Waals surface area contributed by atoms with E-state index in [-0.39, 0.29) is 5.82 Å². The van der Waals surface area contributed by atoms with Gasteiger partial charge < -0.3 is 5.21 Å². The quantitative estimate of drug-likeness (QED) is 0.254. The molecule has 4 N–H and O–H groups in total. The van der Waals surface area contributed by atoms with Crippen molar-refractivity contribution in [3.63, 3.8) is 0 Å². The molecule has 0 atom stereocenters. The Labute approximate surface area is 78.9 Å². The number of imidazole rings is 1. The van der Waals surface area contributed by atoms with E-state index in [2.05, 4.69) is 4.98 Å². The van der Waals surface area contributed by atoms with Gasteiger partial charge in [-0.2, -0.15) is 4.73 Å². The van der Waals surface area contributed by atoms with E-state index in [0.717, 1.165) is 0 Å². The Bertz CT molecular complexity index is 491. The second-order valence-electron chi connectivity index (χ2n) is 2.71. The first-order chi connectivity index (χ1) is 6.74. The van der Waals surface area contributed by atoms with Crippen molar-refractivity contribution in [2.24, 2.45) is 5.84 Å². The van der Waals surface area contributed by atoms with Gasteiger partial charge in [-0.15, -0.1) is 0 Å². The molecule has 0 unspecified atom stereocenters. The minimum Gasteiger partial charge on any atom is -0.426 e. The van der Waals surface area contributed by atoms with Crippen molar-refractivity contribution in [2.75, 3.05) is 0 Å². The van der Waals surface area contributed by atoms with Crippen LogP contribution in [0.5, 0.6) is 0 Å². The number of fused-ring (bicyclic) bond motifs is 1. The molecular formula is C8H8N4O2. The van der Waals surface area contributed by atoms with E-state index in [9.17, 15) is 10.0 Å². The smallest absolute Gasteiger partial charge is 0.304 e. The van der Waals surface area contributed by atoms with Gasteiger partial charge in [-0.25, -0.2) is 10.8 Å². The number of nitrogens with zero attached hydrogens (tertiary/aromatic N) is 2. The normalized spacial score (nSPS) is 10.4. The van der Waals surface area contributed by atoms with Crippen LogP contribution in [0.3, 0.4) is 0 Å². The third-order valence-corrected chi connectivity index (χ3v) is 1.87. The van der Waals surface area contributed by atoms with E-state index in [1.165, 1.54) is 0 Å². The molecule has 2 rings (SSSR count). The third kappa shape index (κ3) is 1.09. The number of aromatic nitrogens is 2. The number of nitrogens with one attached hydrogen (secondary N) is 1. The highest BCUT2D eigenvalue weighted by Crippen LogP contribution is 2.13. The first-order valence-corrected chi connectivity index (χ1v) is 3.91. The Kier molecular flexibility index (Phi) is 1.83. The van der Waals surface area contributed by atoms with Crippen LogP contribution in [-0.4, -0.2) is 20.8 Å². The molecule has 0 bridgehead atoms. The molecule has 1 heterocycles. The highest BCUT2D eigenvalue weighted by molar-refractivity contribution is 5.94. The number of nitrogen functional groups attached to an aromatic ring is 1. The Morgan fingerprint density at radius 3 is 2.86 bits per heavy atom. The fourth-order valence-corrected chi connectivity index (χ4v) is 1.22. The van der Waals surface area contributed by atoms with E-state index in [4.69, 9.17) is 5.84 Å². The highest BCUT2D eigenvalue weighted by atomic mass is 16.5. The van der Waals surface area contributed by atoms with Gasteiger partial charge in [-0.3, -0.25) is 10.2 Å². The lowest BCUT2D eigenvalue weighted by atomic mass is 10.3. The van der Waals surface area contributed by atoms with Crippen molar-refractivity contribution in [1.82, 2.24) is 15.1 Å². The molecule has 6 nitrogen and oxygen atoms in total. The summed E-state index contributed by atoms with van der Waals surface area (Å²) in [6, 6.07) is 6.84. The van der Waals surface area contributed by atoms with Gasteiger partial charge in [0.2, 0.25) is 5.82 Å². The van der Waals surface area contributed by atoms with Crippen LogP contribution in [0.4, 0.5) is 0 Å². The van der Waals surface area contributed by atoms with Gasteiger partial charge in [-0.1, -0.05) is 12.1 Å². The topological polar surface area (TPSA) is 93.2 Å². The van der Waals surface area contributed by atoms with Gasteiger partial charge in [0.05, 0.1) is 5.52 Å². The minimum atomic E-state index is -0.635. The zero-order valence-corrected chi connectivity index (χ0v) is 7.14. The van der Waals surface area contributed by atoms with E-state index in [0.29, 0.717) is 15.8 Å². The van der Waals surface area contributed by atoms with Crippen molar-refractivity contribution < 1.29 is 10.0 Å². The lowest BCUT2D eigenvalue weighted by Crippen LogP contribution is -2.32. The van der Waals surface area contributed by atoms with E-state index < -0.39 is 5.91 Å². The number of amides is 1. The number of para-hydroxylation sites is 2. The second-order valence-corrected chi connectivity index (χ2v) is 2.71. The first kappa shape index (κ1) is 8.52. The zero-order valence-electron chi connectivity index (χ0n) is 7.14. The highest BCUT2D eigenvalue weighted by Gasteiger charge is 2.15. The van der Waals surface area contributed by atoms with Crippen LogP contribution >= 0.6 is 0 Å². The van der Waals surface area contributed by atoms with Crippen LogP contribution in [-0.2, 0) is 0 Å². The predicted octanol–water partition coefficient (Wildman–Crippen LogP) is -0.123. The maximum atomic E-state index is 11.1. The van der Waals surface area contributed by atoms with E-state index >= 15 is 0 Å². The number of hydrogen-bond donors (Lipinski definition) is 3. The van der Waals surface area contributed by atoms with Crippen LogP contribution < -0.4 is 11.3 Å². The summed E-state index contributed by atoms with van der Waals surface area (Å²) in [4.78, 5) is 15.0. The maximum Gasteiger partial charge on any atom is 0.304 e. The summed E-state index contributed by atoms with van der Waals surface area (Å²) in [6.07, 6.45) is 0. The summed E-state index contributed by atoms with van der Waals surface area (Å²) in [7, 11) is 0. The molecule has 0 radical (unpaired) electrons. The first-order valence-electron chi connectivity index (χ1n) is 3.91. The number of nitrogens with two attached hydrogens (primary N) is 1. The van der Waals surface area contributed by atoms with Crippen molar-refractivity contribution in [2.45, 2.75) is 0 Å². The predicted molar refractivity (Wildman–Crippen MR) is 48.6 cm³/mol. The van der Waals surface area contributed by atoms with Gasteiger partial charge in [0.1, 0.15) is 5.52 Å².